The molecule has 82 valence electrons. The Balaban J connectivity index is 2.13. The van der Waals surface area contributed by atoms with Crippen LogP contribution in [-0.2, 0) is 12.8 Å². The van der Waals surface area contributed by atoms with E-state index in [0.717, 1.165) is 18.4 Å². The Morgan fingerprint density at radius 2 is 2.00 bits per heavy atom. The minimum absolute atomic E-state index is 0.141. The van der Waals surface area contributed by atoms with Gasteiger partial charge in [0.05, 0.1) is 0 Å². The summed E-state index contributed by atoms with van der Waals surface area (Å²) in [7, 11) is 0. The van der Waals surface area contributed by atoms with Crippen molar-refractivity contribution in [1.29, 1.82) is 0 Å². The number of nitrogens with one attached hydrogen (secondary N) is 1. The first-order chi connectivity index (χ1) is 6.96. The van der Waals surface area contributed by atoms with Crippen molar-refractivity contribution in [2.45, 2.75) is 45.2 Å². The maximum atomic E-state index is 9.72. The van der Waals surface area contributed by atoms with E-state index in [9.17, 15) is 5.11 Å². The molecular weight excluding hydrogens is 186 g/mol. The van der Waals surface area contributed by atoms with Gasteiger partial charge in [-0.05, 0) is 50.8 Å². The molecule has 0 aromatic heterocycles. The fourth-order valence-corrected chi connectivity index (χ4v) is 2.35. The van der Waals surface area contributed by atoms with E-state index in [1.54, 1.807) is 6.07 Å². The van der Waals surface area contributed by atoms with Crippen LogP contribution in [0.3, 0.4) is 0 Å². The van der Waals surface area contributed by atoms with Gasteiger partial charge in [-0.25, -0.2) is 0 Å². The number of phenolic OH excluding ortho intramolecular Hbond substituents is 1. The second kappa shape index (κ2) is 3.53. The molecule has 0 radical (unpaired) electrons. The Labute approximate surface area is 91.3 Å². The van der Waals surface area contributed by atoms with Crippen LogP contribution >= 0.6 is 0 Å². The van der Waals surface area contributed by atoms with Crippen LogP contribution in [0.5, 0.6) is 5.75 Å². The zero-order valence-electron chi connectivity index (χ0n) is 9.67. The van der Waals surface area contributed by atoms with Gasteiger partial charge >= 0.3 is 0 Å². The molecule has 0 aliphatic heterocycles. The molecule has 0 amide bonds. The summed E-state index contributed by atoms with van der Waals surface area (Å²) in [6.07, 6.45) is 1.97. The monoisotopic (exact) mass is 205 g/mol. The highest BCUT2D eigenvalue weighted by molar-refractivity contribution is 5.43. The van der Waals surface area contributed by atoms with Crippen LogP contribution in [0.2, 0.25) is 0 Å². The molecule has 2 nitrogen and oxygen atoms in total. The quantitative estimate of drug-likeness (QED) is 0.737. The lowest BCUT2D eigenvalue weighted by Crippen LogP contribution is -2.44. The van der Waals surface area contributed by atoms with Crippen LogP contribution in [0, 0.1) is 0 Å². The van der Waals surface area contributed by atoms with E-state index < -0.39 is 0 Å². The van der Waals surface area contributed by atoms with Gasteiger partial charge in [-0.2, -0.15) is 0 Å². The van der Waals surface area contributed by atoms with Crippen molar-refractivity contribution >= 4 is 0 Å². The van der Waals surface area contributed by atoms with Gasteiger partial charge in [-0.3, -0.25) is 0 Å². The summed E-state index contributed by atoms with van der Waals surface area (Å²) in [6, 6.07) is 6.28. The fraction of sp³-hybridized carbons (Fsp3) is 0.538. The second-order valence-electron chi connectivity index (χ2n) is 5.41. The van der Waals surface area contributed by atoms with Gasteiger partial charge in [0, 0.05) is 11.6 Å². The molecule has 2 N–H and O–H groups in total. The summed E-state index contributed by atoms with van der Waals surface area (Å²) in [6.45, 7) is 6.53. The maximum absolute atomic E-state index is 9.72. The average Bonchev–Trinajstić information content (AvgIpc) is 2.45. The summed E-state index contributed by atoms with van der Waals surface area (Å²) < 4.78 is 0. The molecule has 1 aromatic rings. The van der Waals surface area contributed by atoms with Crippen molar-refractivity contribution in [1.82, 2.24) is 5.32 Å². The number of hydrogen-bond donors (Lipinski definition) is 2. The molecule has 0 heterocycles. The van der Waals surface area contributed by atoms with E-state index in [4.69, 9.17) is 0 Å². The van der Waals surface area contributed by atoms with Crippen LogP contribution in [0.25, 0.3) is 0 Å². The molecule has 1 aliphatic carbocycles. The lowest BCUT2D eigenvalue weighted by atomic mass is 10.1. The van der Waals surface area contributed by atoms with E-state index in [1.165, 1.54) is 5.56 Å². The van der Waals surface area contributed by atoms with Crippen molar-refractivity contribution in [3.8, 4) is 5.75 Å². The summed E-state index contributed by atoms with van der Waals surface area (Å²) >= 11 is 0. The fourth-order valence-electron chi connectivity index (χ4n) is 2.35. The largest absolute Gasteiger partial charge is 0.508 e. The molecule has 0 saturated carbocycles. The van der Waals surface area contributed by atoms with Gasteiger partial charge < -0.3 is 10.4 Å². The minimum atomic E-state index is 0.141. The van der Waals surface area contributed by atoms with Crippen molar-refractivity contribution in [3.63, 3.8) is 0 Å². The van der Waals surface area contributed by atoms with Gasteiger partial charge in [-0.15, -0.1) is 0 Å². The molecule has 0 bridgehead atoms. The standard InChI is InChI=1S/C13H19NO/c1-13(2,3)14-10-7-9-5-4-6-12(15)11(9)8-10/h4-6,10,14-15H,7-8H2,1-3H3. The first-order valence-electron chi connectivity index (χ1n) is 5.53. The summed E-state index contributed by atoms with van der Waals surface area (Å²) in [4.78, 5) is 0. The van der Waals surface area contributed by atoms with Gasteiger partial charge in [0.1, 0.15) is 5.75 Å². The SMILES string of the molecule is CC(C)(C)NC1Cc2cccc(O)c2C1. The molecule has 1 aromatic carbocycles. The van der Waals surface area contributed by atoms with Gasteiger partial charge in [0.2, 0.25) is 0 Å². The molecule has 1 aliphatic rings. The molecule has 1 atom stereocenters. The van der Waals surface area contributed by atoms with Crippen LogP contribution in [0.15, 0.2) is 18.2 Å². The van der Waals surface area contributed by atoms with E-state index in [-0.39, 0.29) is 5.54 Å². The second-order valence-corrected chi connectivity index (χ2v) is 5.41. The van der Waals surface area contributed by atoms with Gasteiger partial charge in [0.25, 0.3) is 0 Å². The number of fused-ring (bicyclic) bond motifs is 1. The number of aromatic hydroxyl groups is 1. The highest BCUT2D eigenvalue weighted by Crippen LogP contribution is 2.30. The summed E-state index contributed by atoms with van der Waals surface area (Å²) in [5, 5.41) is 13.3. The molecule has 1 unspecified atom stereocenters. The van der Waals surface area contributed by atoms with Crippen molar-refractivity contribution in [2.24, 2.45) is 0 Å². The normalized spacial score (nSPS) is 20.3. The van der Waals surface area contributed by atoms with Crippen LogP contribution in [0.4, 0.5) is 0 Å². The molecular formula is C13H19NO. The zero-order chi connectivity index (χ0) is 11.1. The van der Waals surface area contributed by atoms with Crippen LogP contribution in [-0.4, -0.2) is 16.7 Å². The minimum Gasteiger partial charge on any atom is -0.508 e. The topological polar surface area (TPSA) is 32.3 Å². The smallest absolute Gasteiger partial charge is 0.119 e. The van der Waals surface area contributed by atoms with Crippen LogP contribution < -0.4 is 5.32 Å². The lowest BCUT2D eigenvalue weighted by molar-refractivity contribution is 0.363. The molecule has 0 saturated heterocycles. The van der Waals surface area contributed by atoms with Crippen molar-refractivity contribution < 1.29 is 5.11 Å². The first-order valence-corrected chi connectivity index (χ1v) is 5.53. The highest BCUT2D eigenvalue weighted by atomic mass is 16.3. The highest BCUT2D eigenvalue weighted by Gasteiger charge is 2.26. The Morgan fingerprint density at radius 1 is 1.27 bits per heavy atom. The Hall–Kier alpha value is -1.02. The Morgan fingerprint density at radius 3 is 2.60 bits per heavy atom. The summed E-state index contributed by atoms with van der Waals surface area (Å²) in [5.41, 5.74) is 2.55. The third-order valence-electron chi connectivity index (χ3n) is 2.80. The number of phenols is 1. The van der Waals surface area contributed by atoms with E-state index in [0.29, 0.717) is 11.8 Å². The van der Waals surface area contributed by atoms with Crippen molar-refractivity contribution in [2.75, 3.05) is 0 Å². The maximum Gasteiger partial charge on any atom is 0.119 e. The lowest BCUT2D eigenvalue weighted by Gasteiger charge is -2.25. The first kappa shape index (κ1) is 10.5. The van der Waals surface area contributed by atoms with E-state index in [2.05, 4.69) is 32.2 Å². The van der Waals surface area contributed by atoms with Gasteiger partial charge in [0.15, 0.2) is 0 Å². The van der Waals surface area contributed by atoms with E-state index >= 15 is 0 Å². The molecule has 2 rings (SSSR count). The summed E-state index contributed by atoms with van der Waals surface area (Å²) in [5.74, 6) is 0.450. The number of hydrogen-bond acceptors (Lipinski definition) is 2. The Kier molecular flexibility index (Phi) is 2.47. The molecule has 15 heavy (non-hydrogen) atoms. The predicted molar refractivity (Wildman–Crippen MR) is 62.2 cm³/mol. The average molecular weight is 205 g/mol. The number of rotatable bonds is 1. The van der Waals surface area contributed by atoms with Crippen LogP contribution in [0.1, 0.15) is 31.9 Å². The van der Waals surface area contributed by atoms with Crippen molar-refractivity contribution in [3.05, 3.63) is 29.3 Å². The predicted octanol–water partition coefficient (Wildman–Crippen LogP) is 2.25. The third-order valence-corrected chi connectivity index (χ3v) is 2.80. The molecule has 2 heteroatoms. The van der Waals surface area contributed by atoms with Gasteiger partial charge in [-0.1, -0.05) is 12.1 Å². The number of benzene rings is 1. The molecule has 0 spiro atoms. The zero-order valence-corrected chi connectivity index (χ0v) is 9.67. The Bertz CT molecular complexity index is 365. The molecule has 0 fully saturated rings. The third kappa shape index (κ3) is 2.32. The van der Waals surface area contributed by atoms with E-state index in [1.807, 2.05) is 6.07 Å².